The molecule has 1 saturated carbocycles. The van der Waals surface area contributed by atoms with Crippen LogP contribution in [0, 0.1) is 0 Å². The first-order valence-corrected chi connectivity index (χ1v) is 7.23. The van der Waals surface area contributed by atoms with Crippen LogP contribution in [-0.2, 0) is 4.79 Å². The van der Waals surface area contributed by atoms with E-state index in [1.807, 2.05) is 0 Å². The van der Waals surface area contributed by atoms with Gasteiger partial charge in [-0.05, 0) is 44.9 Å². The summed E-state index contributed by atoms with van der Waals surface area (Å²) >= 11 is 0. The molecule has 106 valence electrons. The van der Waals surface area contributed by atoms with Gasteiger partial charge in [-0.3, -0.25) is 4.79 Å². The first kappa shape index (κ1) is 13.9. The number of carbonyl (C=O) groups is 2. The molecule has 2 rings (SSSR count). The molecule has 0 aromatic rings. The van der Waals surface area contributed by atoms with Gasteiger partial charge < -0.3 is 16.0 Å². The molecular weight excluding hydrogens is 242 g/mol. The average Bonchev–Trinajstić information content (AvgIpc) is 3.22. The minimum atomic E-state index is -0.243. The van der Waals surface area contributed by atoms with Crippen LogP contribution in [0.1, 0.15) is 44.9 Å². The molecule has 0 radical (unpaired) electrons. The fraction of sp³-hybridized carbons (Fsp3) is 0.714. The van der Waals surface area contributed by atoms with Gasteiger partial charge >= 0.3 is 6.03 Å². The molecular formula is C14H23N3O2. The Bertz CT molecular complexity index is 362. The SMILES string of the molecule is O=C(CNC(=O)NC1CC1)NCCC1=CCCCC1. The molecule has 0 saturated heterocycles. The van der Waals surface area contributed by atoms with Crippen LogP contribution in [0.25, 0.3) is 0 Å². The highest BCUT2D eigenvalue weighted by Gasteiger charge is 2.23. The van der Waals surface area contributed by atoms with Gasteiger partial charge in [0.05, 0.1) is 6.54 Å². The van der Waals surface area contributed by atoms with Crippen LogP contribution in [0.5, 0.6) is 0 Å². The Labute approximate surface area is 114 Å². The van der Waals surface area contributed by atoms with E-state index < -0.39 is 0 Å². The van der Waals surface area contributed by atoms with E-state index in [0.717, 1.165) is 25.7 Å². The summed E-state index contributed by atoms with van der Waals surface area (Å²) in [5, 5.41) is 8.18. The summed E-state index contributed by atoms with van der Waals surface area (Å²) in [7, 11) is 0. The predicted molar refractivity (Wildman–Crippen MR) is 73.7 cm³/mol. The molecule has 0 bridgehead atoms. The van der Waals surface area contributed by atoms with Gasteiger partial charge in [-0.15, -0.1) is 0 Å². The van der Waals surface area contributed by atoms with E-state index in [4.69, 9.17) is 0 Å². The topological polar surface area (TPSA) is 70.2 Å². The van der Waals surface area contributed by atoms with E-state index >= 15 is 0 Å². The number of hydrogen-bond acceptors (Lipinski definition) is 2. The smallest absolute Gasteiger partial charge is 0.315 e. The van der Waals surface area contributed by atoms with Crippen molar-refractivity contribution < 1.29 is 9.59 Å². The molecule has 5 heteroatoms. The summed E-state index contributed by atoms with van der Waals surface area (Å²) in [5.74, 6) is -0.123. The Balaban J connectivity index is 1.51. The Kier molecular flexibility index (Phi) is 5.24. The molecule has 0 unspecified atom stereocenters. The highest BCUT2D eigenvalue weighted by Crippen LogP contribution is 2.19. The van der Waals surface area contributed by atoms with Crippen molar-refractivity contribution in [2.45, 2.75) is 51.0 Å². The van der Waals surface area contributed by atoms with Gasteiger partial charge in [0, 0.05) is 12.6 Å². The Morgan fingerprint density at radius 1 is 1.21 bits per heavy atom. The maximum Gasteiger partial charge on any atom is 0.315 e. The van der Waals surface area contributed by atoms with E-state index in [1.165, 1.54) is 24.8 Å². The summed E-state index contributed by atoms with van der Waals surface area (Å²) < 4.78 is 0. The molecule has 0 aromatic carbocycles. The molecule has 0 spiro atoms. The molecule has 0 aromatic heterocycles. The summed E-state index contributed by atoms with van der Waals surface area (Å²) in [6.45, 7) is 0.716. The van der Waals surface area contributed by atoms with Gasteiger partial charge in [-0.2, -0.15) is 0 Å². The number of amides is 3. The molecule has 3 amide bonds. The zero-order valence-corrected chi connectivity index (χ0v) is 11.3. The lowest BCUT2D eigenvalue weighted by Crippen LogP contribution is -2.42. The van der Waals surface area contributed by atoms with E-state index in [1.54, 1.807) is 0 Å². The molecule has 1 fully saturated rings. The minimum Gasteiger partial charge on any atom is -0.354 e. The van der Waals surface area contributed by atoms with Crippen LogP contribution < -0.4 is 16.0 Å². The highest BCUT2D eigenvalue weighted by atomic mass is 16.2. The summed E-state index contributed by atoms with van der Waals surface area (Å²) in [6.07, 6.45) is 10.2. The summed E-state index contributed by atoms with van der Waals surface area (Å²) in [4.78, 5) is 22.8. The third kappa shape index (κ3) is 5.77. The fourth-order valence-corrected chi connectivity index (χ4v) is 2.18. The highest BCUT2D eigenvalue weighted by molar-refractivity contribution is 5.84. The van der Waals surface area contributed by atoms with Crippen molar-refractivity contribution in [2.24, 2.45) is 0 Å². The van der Waals surface area contributed by atoms with Gasteiger partial charge in [0.15, 0.2) is 0 Å². The van der Waals surface area contributed by atoms with Gasteiger partial charge in [0.1, 0.15) is 0 Å². The zero-order valence-electron chi connectivity index (χ0n) is 11.3. The van der Waals surface area contributed by atoms with Crippen molar-refractivity contribution in [1.82, 2.24) is 16.0 Å². The number of rotatable bonds is 6. The van der Waals surface area contributed by atoms with Crippen molar-refractivity contribution in [1.29, 1.82) is 0 Å². The minimum absolute atomic E-state index is 0.0532. The van der Waals surface area contributed by atoms with Crippen LogP contribution in [-0.4, -0.2) is 31.1 Å². The Morgan fingerprint density at radius 2 is 2.05 bits per heavy atom. The van der Waals surface area contributed by atoms with Crippen LogP contribution in [0.2, 0.25) is 0 Å². The first-order chi connectivity index (χ1) is 9.24. The second kappa shape index (κ2) is 7.16. The van der Waals surface area contributed by atoms with Crippen LogP contribution in [0.4, 0.5) is 4.79 Å². The number of allylic oxidation sites excluding steroid dienone is 1. The van der Waals surface area contributed by atoms with Crippen molar-refractivity contribution in [3.05, 3.63) is 11.6 Å². The van der Waals surface area contributed by atoms with Crippen LogP contribution in [0.15, 0.2) is 11.6 Å². The van der Waals surface area contributed by atoms with Gasteiger partial charge in [0.2, 0.25) is 5.91 Å². The number of carbonyl (C=O) groups excluding carboxylic acids is 2. The van der Waals surface area contributed by atoms with E-state index in [2.05, 4.69) is 22.0 Å². The number of nitrogens with one attached hydrogen (secondary N) is 3. The molecule has 3 N–H and O–H groups in total. The maximum absolute atomic E-state index is 11.5. The third-order valence-corrected chi connectivity index (χ3v) is 3.48. The van der Waals surface area contributed by atoms with Crippen molar-refractivity contribution >= 4 is 11.9 Å². The largest absolute Gasteiger partial charge is 0.354 e. The van der Waals surface area contributed by atoms with Crippen LogP contribution in [0.3, 0.4) is 0 Å². The normalized spacial score (nSPS) is 18.4. The quantitative estimate of drug-likeness (QED) is 0.636. The van der Waals surface area contributed by atoms with E-state index in [9.17, 15) is 9.59 Å². The molecule has 0 aliphatic heterocycles. The summed E-state index contributed by atoms with van der Waals surface area (Å²) in [6, 6.07) is 0.0777. The fourth-order valence-electron chi connectivity index (χ4n) is 2.18. The lowest BCUT2D eigenvalue weighted by atomic mass is 9.97. The second-order valence-corrected chi connectivity index (χ2v) is 5.31. The standard InChI is InChI=1S/C14H23N3O2/c18-13(10-16-14(19)17-12-6-7-12)15-9-8-11-4-2-1-3-5-11/h4,12H,1-3,5-10H2,(H,15,18)(H2,16,17,19). The second-order valence-electron chi connectivity index (χ2n) is 5.31. The molecule has 19 heavy (non-hydrogen) atoms. The predicted octanol–water partition coefficient (Wildman–Crippen LogP) is 1.45. The molecule has 0 heterocycles. The van der Waals surface area contributed by atoms with Gasteiger partial charge in [-0.25, -0.2) is 4.79 Å². The van der Waals surface area contributed by atoms with Crippen molar-refractivity contribution in [3.63, 3.8) is 0 Å². The number of hydrogen-bond donors (Lipinski definition) is 3. The lowest BCUT2D eigenvalue weighted by molar-refractivity contribution is -0.120. The summed E-state index contributed by atoms with van der Waals surface area (Å²) in [5.41, 5.74) is 1.45. The molecule has 5 nitrogen and oxygen atoms in total. The monoisotopic (exact) mass is 265 g/mol. The third-order valence-electron chi connectivity index (χ3n) is 3.48. The Morgan fingerprint density at radius 3 is 2.74 bits per heavy atom. The first-order valence-electron chi connectivity index (χ1n) is 7.23. The lowest BCUT2D eigenvalue weighted by Gasteiger charge is -2.13. The van der Waals surface area contributed by atoms with E-state index in [-0.39, 0.29) is 18.5 Å². The van der Waals surface area contributed by atoms with Gasteiger partial charge in [-0.1, -0.05) is 11.6 Å². The van der Waals surface area contributed by atoms with E-state index in [0.29, 0.717) is 12.6 Å². The van der Waals surface area contributed by atoms with Gasteiger partial charge in [0.25, 0.3) is 0 Å². The molecule has 0 atom stereocenters. The van der Waals surface area contributed by atoms with Crippen LogP contribution >= 0.6 is 0 Å². The maximum atomic E-state index is 11.5. The van der Waals surface area contributed by atoms with Crippen molar-refractivity contribution in [2.75, 3.05) is 13.1 Å². The molecule has 2 aliphatic rings. The zero-order chi connectivity index (χ0) is 13.5. The average molecular weight is 265 g/mol. The van der Waals surface area contributed by atoms with Crippen molar-refractivity contribution in [3.8, 4) is 0 Å². The number of urea groups is 1. The Hall–Kier alpha value is -1.52. The molecule has 2 aliphatic carbocycles.